The first-order valence-electron chi connectivity index (χ1n) is 10.9. The molecule has 0 saturated carbocycles. The summed E-state index contributed by atoms with van der Waals surface area (Å²) in [6.07, 6.45) is 5.31. The van der Waals surface area contributed by atoms with Crippen LogP contribution >= 0.6 is 11.9 Å². The van der Waals surface area contributed by atoms with Gasteiger partial charge in [-0.15, -0.1) is 0 Å². The number of ether oxygens (including phenoxy) is 1. The number of carbonyl (C=O) groups excluding carboxylic acids is 1. The highest BCUT2D eigenvalue weighted by Gasteiger charge is 2.26. The summed E-state index contributed by atoms with van der Waals surface area (Å²) >= 11 is 1.80. The van der Waals surface area contributed by atoms with Gasteiger partial charge in [0.1, 0.15) is 12.1 Å². The summed E-state index contributed by atoms with van der Waals surface area (Å²) < 4.78 is 10.4. The number of carbonyl (C=O) groups is 1. The molecular weight excluding hydrogens is 382 g/mol. The minimum absolute atomic E-state index is 0.00814. The lowest BCUT2D eigenvalue weighted by Crippen LogP contribution is -2.28. The smallest absolute Gasteiger partial charge is 0.123 e. The van der Waals surface area contributed by atoms with Crippen molar-refractivity contribution in [2.75, 3.05) is 26.3 Å². The van der Waals surface area contributed by atoms with Gasteiger partial charge in [-0.25, -0.2) is 9.29 Å². The fraction of sp³-hybridized carbons (Fsp3) is 0.652. The van der Waals surface area contributed by atoms with Crippen LogP contribution in [0.4, 0.5) is 0 Å². The molecule has 4 rings (SSSR count). The van der Waals surface area contributed by atoms with Crippen LogP contribution in [0.15, 0.2) is 23.1 Å². The number of imidazole rings is 1. The first-order chi connectivity index (χ1) is 13.9. The molecule has 0 spiro atoms. The lowest BCUT2D eigenvalue weighted by atomic mass is 9.94. The van der Waals surface area contributed by atoms with Gasteiger partial charge in [0.25, 0.3) is 0 Å². The predicted molar refractivity (Wildman–Crippen MR) is 118 cm³/mol. The first kappa shape index (κ1) is 20.9. The molecule has 2 saturated heterocycles. The number of fused-ring (bicyclic) bond motifs is 1. The van der Waals surface area contributed by atoms with E-state index in [0.29, 0.717) is 5.92 Å². The normalized spacial score (nSPS) is 20.4. The summed E-state index contributed by atoms with van der Waals surface area (Å²) in [4.78, 5) is 17.3. The number of aldehydes is 1. The van der Waals surface area contributed by atoms with Crippen molar-refractivity contribution < 1.29 is 9.53 Å². The lowest BCUT2D eigenvalue weighted by molar-refractivity contribution is -0.112. The summed E-state index contributed by atoms with van der Waals surface area (Å²) in [7, 11) is 0. The van der Waals surface area contributed by atoms with E-state index >= 15 is 0 Å². The number of piperidine rings is 1. The molecule has 6 heteroatoms. The van der Waals surface area contributed by atoms with Crippen LogP contribution in [0.25, 0.3) is 11.0 Å². The van der Waals surface area contributed by atoms with Gasteiger partial charge in [0.15, 0.2) is 0 Å². The average Bonchev–Trinajstić information content (AvgIpc) is 3.07. The second-order valence-corrected chi connectivity index (χ2v) is 10.7. The van der Waals surface area contributed by atoms with Crippen LogP contribution in [0.3, 0.4) is 0 Å². The summed E-state index contributed by atoms with van der Waals surface area (Å²) in [5.74, 6) is 2.08. The number of hydrogen-bond acceptors (Lipinski definition) is 5. The zero-order chi connectivity index (χ0) is 20.4. The molecule has 2 fully saturated rings. The molecule has 158 valence electrons. The summed E-state index contributed by atoms with van der Waals surface area (Å²) in [6, 6.07) is 6.71. The van der Waals surface area contributed by atoms with Crippen molar-refractivity contribution in [3.8, 4) is 0 Å². The van der Waals surface area contributed by atoms with Crippen LogP contribution in [-0.4, -0.2) is 46.4 Å². The predicted octanol–water partition coefficient (Wildman–Crippen LogP) is 4.68. The van der Waals surface area contributed by atoms with Gasteiger partial charge in [-0.3, -0.25) is 0 Å². The minimum atomic E-state index is 0.00814. The number of benzene rings is 1. The van der Waals surface area contributed by atoms with Crippen LogP contribution in [0.5, 0.6) is 0 Å². The molecule has 1 aromatic heterocycles. The molecular formula is C23H33N3O2S. The standard InChI is InChI=1S/C23H33N3O2S/c1-23(2,3)22-24-20-14-19(29-25-10-6-18(16-27)7-11-25)4-5-21(20)26(22)15-17-8-12-28-13-9-17/h4-5,14,16-18H,6-13,15H2,1-3H3. The van der Waals surface area contributed by atoms with Crippen LogP contribution in [0.2, 0.25) is 0 Å². The van der Waals surface area contributed by atoms with E-state index in [1.165, 1.54) is 16.2 Å². The van der Waals surface area contributed by atoms with E-state index in [0.717, 1.165) is 70.3 Å². The first-order valence-corrected chi connectivity index (χ1v) is 11.7. The average molecular weight is 416 g/mol. The second-order valence-electron chi connectivity index (χ2n) is 9.50. The molecule has 2 aliphatic rings. The Morgan fingerprint density at radius 1 is 1.17 bits per heavy atom. The van der Waals surface area contributed by atoms with Gasteiger partial charge in [-0.05, 0) is 61.7 Å². The summed E-state index contributed by atoms with van der Waals surface area (Å²) in [6.45, 7) is 11.5. The zero-order valence-corrected chi connectivity index (χ0v) is 18.7. The van der Waals surface area contributed by atoms with Crippen LogP contribution in [0, 0.1) is 11.8 Å². The van der Waals surface area contributed by atoms with E-state index in [1.807, 2.05) is 0 Å². The number of hydrogen-bond donors (Lipinski definition) is 0. The Hall–Kier alpha value is -1.37. The van der Waals surface area contributed by atoms with Crippen molar-refractivity contribution in [2.45, 2.75) is 63.3 Å². The highest BCUT2D eigenvalue weighted by Crippen LogP contribution is 2.33. The summed E-state index contributed by atoms with van der Waals surface area (Å²) in [5, 5.41) is 0. The molecule has 2 aliphatic heterocycles. The van der Waals surface area contributed by atoms with Crippen molar-refractivity contribution >= 4 is 29.3 Å². The molecule has 3 heterocycles. The molecule has 2 aromatic rings. The topological polar surface area (TPSA) is 47.4 Å². The van der Waals surface area contributed by atoms with Gasteiger partial charge >= 0.3 is 0 Å². The van der Waals surface area contributed by atoms with Gasteiger partial charge in [-0.2, -0.15) is 0 Å². The maximum atomic E-state index is 11.0. The van der Waals surface area contributed by atoms with Crippen LogP contribution < -0.4 is 0 Å². The van der Waals surface area contributed by atoms with Gasteiger partial charge in [0.2, 0.25) is 0 Å². The molecule has 0 aliphatic carbocycles. The molecule has 0 bridgehead atoms. The molecule has 0 radical (unpaired) electrons. The quantitative estimate of drug-likeness (QED) is 0.524. The van der Waals surface area contributed by atoms with Crippen molar-refractivity contribution in [1.82, 2.24) is 13.9 Å². The van der Waals surface area contributed by atoms with E-state index in [1.54, 1.807) is 11.9 Å². The SMILES string of the molecule is CC(C)(C)c1nc2cc(SN3CCC(C=O)CC3)ccc2n1CC1CCOCC1. The lowest BCUT2D eigenvalue weighted by Gasteiger charge is -2.28. The molecule has 1 aromatic carbocycles. The Morgan fingerprint density at radius 2 is 1.90 bits per heavy atom. The highest BCUT2D eigenvalue weighted by atomic mass is 32.2. The fourth-order valence-corrected chi connectivity index (χ4v) is 5.35. The molecule has 0 atom stereocenters. The van der Waals surface area contributed by atoms with Crippen molar-refractivity contribution in [1.29, 1.82) is 0 Å². The molecule has 29 heavy (non-hydrogen) atoms. The van der Waals surface area contributed by atoms with Gasteiger partial charge in [0, 0.05) is 49.1 Å². The fourth-order valence-electron chi connectivity index (χ4n) is 4.36. The molecule has 0 unspecified atom stereocenters. The highest BCUT2D eigenvalue weighted by molar-refractivity contribution is 7.97. The largest absolute Gasteiger partial charge is 0.381 e. The third-order valence-corrected chi connectivity index (χ3v) is 7.19. The van der Waals surface area contributed by atoms with Gasteiger partial charge in [0.05, 0.1) is 11.0 Å². The molecule has 0 amide bonds. The Bertz CT molecular complexity index is 844. The molecule has 0 N–H and O–H groups in total. The van der Waals surface area contributed by atoms with Crippen molar-refractivity contribution in [3.05, 3.63) is 24.0 Å². The molecule has 5 nitrogen and oxygen atoms in total. The third kappa shape index (κ3) is 4.86. The van der Waals surface area contributed by atoms with E-state index in [9.17, 15) is 4.79 Å². The second kappa shape index (κ2) is 8.78. The Morgan fingerprint density at radius 3 is 2.55 bits per heavy atom. The number of aromatic nitrogens is 2. The van der Waals surface area contributed by atoms with Gasteiger partial charge < -0.3 is 14.1 Å². The van der Waals surface area contributed by atoms with E-state index in [-0.39, 0.29) is 11.3 Å². The van der Waals surface area contributed by atoms with E-state index in [4.69, 9.17) is 9.72 Å². The third-order valence-electron chi connectivity index (χ3n) is 6.10. The number of nitrogens with zero attached hydrogens (tertiary/aromatic N) is 3. The number of rotatable bonds is 5. The van der Waals surface area contributed by atoms with Crippen molar-refractivity contribution in [3.63, 3.8) is 0 Å². The Kier molecular flexibility index (Phi) is 6.32. The van der Waals surface area contributed by atoms with Crippen LogP contribution in [-0.2, 0) is 21.5 Å². The van der Waals surface area contributed by atoms with E-state index in [2.05, 4.69) is 47.8 Å². The minimum Gasteiger partial charge on any atom is -0.381 e. The van der Waals surface area contributed by atoms with Crippen molar-refractivity contribution in [2.24, 2.45) is 11.8 Å². The monoisotopic (exact) mass is 415 g/mol. The van der Waals surface area contributed by atoms with E-state index < -0.39 is 0 Å². The Balaban J connectivity index is 1.57. The Labute approximate surface area is 178 Å². The van der Waals surface area contributed by atoms with Crippen LogP contribution in [0.1, 0.15) is 52.3 Å². The summed E-state index contributed by atoms with van der Waals surface area (Å²) in [5.41, 5.74) is 2.34. The maximum absolute atomic E-state index is 11.0. The van der Waals surface area contributed by atoms with Gasteiger partial charge in [-0.1, -0.05) is 20.8 Å². The maximum Gasteiger partial charge on any atom is 0.123 e. The zero-order valence-electron chi connectivity index (χ0n) is 17.9.